The highest BCUT2D eigenvalue weighted by atomic mass is 35.5. The van der Waals surface area contributed by atoms with Gasteiger partial charge in [-0.3, -0.25) is 4.79 Å². The molecule has 0 radical (unpaired) electrons. The van der Waals surface area contributed by atoms with Crippen LogP contribution in [0.3, 0.4) is 0 Å². The molecule has 6 nitrogen and oxygen atoms in total. The van der Waals surface area contributed by atoms with Gasteiger partial charge >= 0.3 is 6.03 Å². The summed E-state index contributed by atoms with van der Waals surface area (Å²) < 4.78 is 0. The van der Waals surface area contributed by atoms with Gasteiger partial charge in [0.15, 0.2) is 0 Å². The fraction of sp³-hybridized carbons (Fsp3) is 0.263. The topological polar surface area (TPSA) is 96.2 Å². The van der Waals surface area contributed by atoms with Crippen LogP contribution in [0.4, 0.5) is 21.9 Å². The lowest BCUT2D eigenvalue weighted by molar-refractivity contribution is -0.119. The van der Waals surface area contributed by atoms with Gasteiger partial charge in [0.2, 0.25) is 5.91 Å². The standard InChI is InChI=1S/C19H24N4O2.ClH/c1-19(2,3)16(20)17(24)21-14-9-11-15(12-10-14)23-18(25)22-13-7-5-4-6-8-13;/h4-12,16H,20H2,1-3H3,(H,21,24)(H2,22,23,25);1H/t16-;/m1./s1. The second-order valence-corrected chi connectivity index (χ2v) is 6.86. The largest absolute Gasteiger partial charge is 0.325 e. The Morgan fingerprint density at radius 1 is 0.808 bits per heavy atom. The van der Waals surface area contributed by atoms with Crippen LogP contribution in [-0.2, 0) is 4.79 Å². The summed E-state index contributed by atoms with van der Waals surface area (Å²) in [6.45, 7) is 5.74. The van der Waals surface area contributed by atoms with Crippen molar-refractivity contribution in [3.63, 3.8) is 0 Å². The van der Waals surface area contributed by atoms with E-state index in [-0.39, 0.29) is 29.8 Å². The van der Waals surface area contributed by atoms with Crippen LogP contribution >= 0.6 is 12.4 Å². The normalized spacial score (nSPS) is 11.7. The Morgan fingerprint density at radius 3 is 1.69 bits per heavy atom. The Kier molecular flexibility index (Phi) is 7.61. The lowest BCUT2D eigenvalue weighted by atomic mass is 9.87. The average Bonchev–Trinajstić information content (AvgIpc) is 2.56. The summed E-state index contributed by atoms with van der Waals surface area (Å²) in [5.74, 6) is -0.241. The van der Waals surface area contributed by atoms with Gasteiger partial charge < -0.3 is 21.7 Å². The zero-order chi connectivity index (χ0) is 18.4. The third-order valence-electron chi connectivity index (χ3n) is 3.66. The van der Waals surface area contributed by atoms with Crippen molar-refractivity contribution in [2.75, 3.05) is 16.0 Å². The Labute approximate surface area is 160 Å². The quantitative estimate of drug-likeness (QED) is 0.647. The maximum absolute atomic E-state index is 12.1. The molecule has 0 heterocycles. The van der Waals surface area contributed by atoms with Crippen molar-refractivity contribution in [2.45, 2.75) is 26.8 Å². The van der Waals surface area contributed by atoms with Crippen LogP contribution in [0.25, 0.3) is 0 Å². The molecule has 0 spiro atoms. The van der Waals surface area contributed by atoms with E-state index >= 15 is 0 Å². The van der Waals surface area contributed by atoms with E-state index in [9.17, 15) is 9.59 Å². The molecule has 1 atom stereocenters. The predicted molar refractivity (Wildman–Crippen MR) is 109 cm³/mol. The number of urea groups is 1. The highest BCUT2D eigenvalue weighted by molar-refractivity contribution is 6.00. The van der Waals surface area contributed by atoms with E-state index in [1.165, 1.54) is 0 Å². The van der Waals surface area contributed by atoms with Gasteiger partial charge in [0.25, 0.3) is 0 Å². The molecular formula is C19H25ClN4O2. The molecule has 0 aliphatic heterocycles. The second kappa shape index (κ2) is 9.22. The lowest BCUT2D eigenvalue weighted by Gasteiger charge is -2.25. The van der Waals surface area contributed by atoms with Crippen LogP contribution in [0.2, 0.25) is 0 Å². The molecule has 26 heavy (non-hydrogen) atoms. The number of nitrogens with one attached hydrogen (secondary N) is 3. The Bertz CT molecular complexity index is 727. The van der Waals surface area contributed by atoms with E-state index in [0.29, 0.717) is 17.1 Å². The molecule has 0 fully saturated rings. The van der Waals surface area contributed by atoms with Gasteiger partial charge in [-0.05, 0) is 41.8 Å². The third-order valence-corrected chi connectivity index (χ3v) is 3.66. The van der Waals surface area contributed by atoms with Crippen LogP contribution in [-0.4, -0.2) is 18.0 Å². The van der Waals surface area contributed by atoms with Crippen molar-refractivity contribution in [1.29, 1.82) is 0 Å². The van der Waals surface area contributed by atoms with Crippen molar-refractivity contribution in [3.8, 4) is 0 Å². The van der Waals surface area contributed by atoms with E-state index in [0.717, 1.165) is 0 Å². The van der Waals surface area contributed by atoms with Crippen LogP contribution in [0.5, 0.6) is 0 Å². The number of anilines is 3. The summed E-state index contributed by atoms with van der Waals surface area (Å²) >= 11 is 0. The number of benzene rings is 2. The Balaban J connectivity index is 0.00000338. The molecule has 140 valence electrons. The van der Waals surface area contributed by atoms with E-state index < -0.39 is 6.04 Å². The first-order valence-corrected chi connectivity index (χ1v) is 8.05. The molecule has 0 aromatic heterocycles. The zero-order valence-corrected chi connectivity index (χ0v) is 15.9. The molecule has 0 bridgehead atoms. The van der Waals surface area contributed by atoms with Crippen molar-refractivity contribution in [2.24, 2.45) is 11.1 Å². The summed E-state index contributed by atoms with van der Waals surface area (Å²) in [5, 5.41) is 8.24. The summed E-state index contributed by atoms with van der Waals surface area (Å²) in [5.41, 5.74) is 7.56. The molecule has 2 aromatic carbocycles. The number of amides is 3. The molecule has 7 heteroatoms. The van der Waals surface area contributed by atoms with Gasteiger partial charge in [-0.1, -0.05) is 39.0 Å². The molecule has 0 aliphatic rings. The first-order valence-electron chi connectivity index (χ1n) is 8.05. The predicted octanol–water partition coefficient (Wildman–Crippen LogP) is 4.06. The van der Waals surface area contributed by atoms with E-state index in [4.69, 9.17) is 5.73 Å². The minimum Gasteiger partial charge on any atom is -0.325 e. The van der Waals surface area contributed by atoms with E-state index in [1.54, 1.807) is 36.4 Å². The van der Waals surface area contributed by atoms with Gasteiger partial charge in [-0.15, -0.1) is 12.4 Å². The van der Waals surface area contributed by atoms with Gasteiger partial charge in [0.1, 0.15) is 0 Å². The number of para-hydroxylation sites is 1. The summed E-state index contributed by atoms with van der Waals surface area (Å²) in [6.07, 6.45) is 0. The number of hydrogen-bond acceptors (Lipinski definition) is 3. The average molecular weight is 377 g/mol. The first-order chi connectivity index (χ1) is 11.8. The van der Waals surface area contributed by atoms with Gasteiger partial charge in [0.05, 0.1) is 6.04 Å². The fourth-order valence-electron chi connectivity index (χ4n) is 2.07. The molecule has 2 rings (SSSR count). The lowest BCUT2D eigenvalue weighted by Crippen LogP contribution is -2.45. The molecule has 0 saturated heterocycles. The second-order valence-electron chi connectivity index (χ2n) is 6.86. The number of carbonyl (C=O) groups is 2. The molecular weight excluding hydrogens is 352 g/mol. The number of halogens is 1. The third kappa shape index (κ3) is 6.38. The minimum absolute atomic E-state index is 0. The zero-order valence-electron chi connectivity index (χ0n) is 15.1. The van der Waals surface area contributed by atoms with Crippen LogP contribution in [0, 0.1) is 5.41 Å². The number of hydrogen-bond donors (Lipinski definition) is 4. The monoisotopic (exact) mass is 376 g/mol. The van der Waals surface area contributed by atoms with Gasteiger partial charge in [-0.25, -0.2) is 4.79 Å². The molecule has 3 amide bonds. The van der Waals surface area contributed by atoms with Crippen LogP contribution in [0.15, 0.2) is 54.6 Å². The Hall–Kier alpha value is -2.57. The minimum atomic E-state index is -0.609. The van der Waals surface area contributed by atoms with Crippen LogP contribution in [0.1, 0.15) is 20.8 Å². The van der Waals surface area contributed by atoms with E-state index in [2.05, 4.69) is 16.0 Å². The summed E-state index contributed by atoms with van der Waals surface area (Å²) in [4.78, 5) is 24.0. The van der Waals surface area contributed by atoms with Gasteiger partial charge in [-0.2, -0.15) is 0 Å². The fourth-order valence-corrected chi connectivity index (χ4v) is 2.07. The van der Waals surface area contributed by atoms with Gasteiger partial charge in [0, 0.05) is 17.1 Å². The van der Waals surface area contributed by atoms with Crippen LogP contribution < -0.4 is 21.7 Å². The highest BCUT2D eigenvalue weighted by Gasteiger charge is 2.27. The SMILES string of the molecule is CC(C)(C)[C@H](N)C(=O)Nc1ccc(NC(=O)Nc2ccccc2)cc1.Cl. The van der Waals surface area contributed by atoms with Crippen molar-refractivity contribution < 1.29 is 9.59 Å². The number of carbonyl (C=O) groups excluding carboxylic acids is 2. The number of rotatable bonds is 4. The number of nitrogens with two attached hydrogens (primary N) is 1. The van der Waals surface area contributed by atoms with Crippen molar-refractivity contribution in [1.82, 2.24) is 0 Å². The van der Waals surface area contributed by atoms with Crippen molar-refractivity contribution in [3.05, 3.63) is 54.6 Å². The highest BCUT2D eigenvalue weighted by Crippen LogP contribution is 2.20. The maximum Gasteiger partial charge on any atom is 0.323 e. The van der Waals surface area contributed by atoms with Crippen molar-refractivity contribution >= 4 is 41.4 Å². The Morgan fingerprint density at radius 2 is 1.23 bits per heavy atom. The molecule has 5 N–H and O–H groups in total. The van der Waals surface area contributed by atoms with E-state index in [1.807, 2.05) is 39.0 Å². The molecule has 0 saturated carbocycles. The first kappa shape index (κ1) is 21.5. The smallest absolute Gasteiger partial charge is 0.323 e. The molecule has 2 aromatic rings. The summed E-state index contributed by atoms with van der Waals surface area (Å²) in [7, 11) is 0. The summed E-state index contributed by atoms with van der Waals surface area (Å²) in [6, 6.07) is 15.1. The maximum atomic E-state index is 12.1. The molecule has 0 aliphatic carbocycles. The molecule has 0 unspecified atom stereocenters.